The first-order chi connectivity index (χ1) is 16.2. The van der Waals surface area contributed by atoms with Gasteiger partial charge in [-0.05, 0) is 69.2 Å². The van der Waals surface area contributed by atoms with Crippen LogP contribution in [0, 0.1) is 5.82 Å². The molecule has 2 aromatic carbocycles. The van der Waals surface area contributed by atoms with Gasteiger partial charge in [-0.25, -0.2) is 12.8 Å². The van der Waals surface area contributed by atoms with Crippen molar-refractivity contribution in [1.82, 2.24) is 10.2 Å². The van der Waals surface area contributed by atoms with Gasteiger partial charge in [-0.1, -0.05) is 19.1 Å². The summed E-state index contributed by atoms with van der Waals surface area (Å²) in [5, 5.41) is 2.89. The first kappa shape index (κ1) is 28.1. The van der Waals surface area contributed by atoms with Crippen LogP contribution in [0.2, 0.25) is 0 Å². The largest absolute Gasteiger partial charge is 0.497 e. The second kappa shape index (κ2) is 11.5. The molecule has 10 heteroatoms. The van der Waals surface area contributed by atoms with Gasteiger partial charge in [-0.3, -0.25) is 13.9 Å². The van der Waals surface area contributed by atoms with Crippen molar-refractivity contribution in [2.75, 3.05) is 24.2 Å². The Labute approximate surface area is 207 Å². The van der Waals surface area contributed by atoms with Crippen molar-refractivity contribution in [1.29, 1.82) is 0 Å². The summed E-state index contributed by atoms with van der Waals surface area (Å²) in [6.07, 6.45) is 1.31. The molecule has 0 saturated heterocycles. The summed E-state index contributed by atoms with van der Waals surface area (Å²) in [6.45, 7) is 6.77. The van der Waals surface area contributed by atoms with Crippen LogP contribution >= 0.6 is 0 Å². The standard InChI is InChI=1S/C25H34FN3O5S/c1-7-22(24(31)27-25(2,3)4)28(16-18-8-10-19(26)11-9-18)23(30)17-29(35(6,32)33)20-12-14-21(34-5)15-13-20/h8-15,22H,7,16-17H2,1-6H3,(H,27,31). The highest BCUT2D eigenvalue weighted by Crippen LogP contribution is 2.23. The normalized spacial score (nSPS) is 12.5. The number of methoxy groups -OCH3 is 1. The molecule has 0 bridgehead atoms. The number of rotatable bonds is 10. The Morgan fingerprint density at radius 1 is 1.06 bits per heavy atom. The highest BCUT2D eigenvalue weighted by molar-refractivity contribution is 7.92. The lowest BCUT2D eigenvalue weighted by Gasteiger charge is -2.34. The molecular weight excluding hydrogens is 473 g/mol. The predicted molar refractivity (Wildman–Crippen MR) is 134 cm³/mol. The van der Waals surface area contributed by atoms with Gasteiger partial charge in [0.1, 0.15) is 24.2 Å². The third-order valence-corrected chi connectivity index (χ3v) is 6.33. The van der Waals surface area contributed by atoms with Crippen molar-refractivity contribution in [3.63, 3.8) is 0 Å². The molecule has 8 nitrogen and oxygen atoms in total. The molecule has 0 spiro atoms. The number of sulfonamides is 1. The molecule has 2 aromatic rings. The van der Waals surface area contributed by atoms with E-state index in [0.29, 0.717) is 17.7 Å². The van der Waals surface area contributed by atoms with Crippen LogP contribution < -0.4 is 14.4 Å². The lowest BCUT2D eigenvalue weighted by molar-refractivity contribution is -0.141. The number of nitrogens with zero attached hydrogens (tertiary/aromatic N) is 2. The molecule has 0 aliphatic carbocycles. The minimum Gasteiger partial charge on any atom is -0.497 e. The van der Waals surface area contributed by atoms with E-state index in [1.54, 1.807) is 31.2 Å². The van der Waals surface area contributed by atoms with Crippen LogP contribution in [0.5, 0.6) is 5.75 Å². The Balaban J connectivity index is 2.44. The van der Waals surface area contributed by atoms with Crippen LogP contribution in [0.4, 0.5) is 10.1 Å². The van der Waals surface area contributed by atoms with E-state index in [9.17, 15) is 22.4 Å². The monoisotopic (exact) mass is 507 g/mol. The average Bonchev–Trinajstić information content (AvgIpc) is 2.76. The van der Waals surface area contributed by atoms with E-state index in [0.717, 1.165) is 10.6 Å². The number of hydrogen-bond acceptors (Lipinski definition) is 5. The first-order valence-corrected chi connectivity index (χ1v) is 13.1. The molecule has 2 rings (SSSR count). The molecule has 0 aromatic heterocycles. The summed E-state index contributed by atoms with van der Waals surface area (Å²) < 4.78 is 44.8. The van der Waals surface area contributed by atoms with Crippen molar-refractivity contribution >= 4 is 27.5 Å². The molecule has 0 heterocycles. The maximum absolute atomic E-state index is 13.6. The summed E-state index contributed by atoms with van der Waals surface area (Å²) in [6, 6.07) is 11.0. The van der Waals surface area contributed by atoms with Crippen LogP contribution in [0.25, 0.3) is 0 Å². The fourth-order valence-electron chi connectivity index (χ4n) is 3.52. The topological polar surface area (TPSA) is 96.0 Å². The van der Waals surface area contributed by atoms with E-state index < -0.39 is 39.9 Å². The van der Waals surface area contributed by atoms with Gasteiger partial charge >= 0.3 is 0 Å². The Morgan fingerprint density at radius 2 is 1.63 bits per heavy atom. The third kappa shape index (κ3) is 8.24. The van der Waals surface area contributed by atoms with Gasteiger partial charge in [0.25, 0.3) is 0 Å². The molecule has 0 fully saturated rings. The lowest BCUT2D eigenvalue weighted by atomic mass is 10.1. The SMILES string of the molecule is CCC(C(=O)NC(C)(C)C)N(Cc1ccc(F)cc1)C(=O)CN(c1ccc(OC)cc1)S(C)(=O)=O. The molecule has 0 radical (unpaired) electrons. The molecule has 0 saturated carbocycles. The van der Waals surface area contributed by atoms with E-state index in [1.165, 1.54) is 36.3 Å². The average molecular weight is 508 g/mol. The van der Waals surface area contributed by atoms with Gasteiger partial charge in [-0.2, -0.15) is 0 Å². The summed E-state index contributed by atoms with van der Waals surface area (Å²) in [7, 11) is -2.34. The summed E-state index contributed by atoms with van der Waals surface area (Å²) in [5.74, 6) is -0.805. The zero-order chi connectivity index (χ0) is 26.4. The Hall–Kier alpha value is -3.14. The molecule has 1 N–H and O–H groups in total. The summed E-state index contributed by atoms with van der Waals surface area (Å²) in [4.78, 5) is 28.0. The van der Waals surface area contributed by atoms with Gasteiger partial charge in [-0.15, -0.1) is 0 Å². The second-order valence-electron chi connectivity index (χ2n) is 9.28. The second-order valence-corrected chi connectivity index (χ2v) is 11.2. The van der Waals surface area contributed by atoms with E-state index in [4.69, 9.17) is 4.74 Å². The van der Waals surface area contributed by atoms with Gasteiger partial charge in [0.2, 0.25) is 21.8 Å². The smallest absolute Gasteiger partial charge is 0.244 e. The van der Waals surface area contributed by atoms with Crippen LogP contribution in [-0.2, 0) is 26.2 Å². The number of nitrogens with one attached hydrogen (secondary N) is 1. The quantitative estimate of drug-likeness (QED) is 0.532. The predicted octanol–water partition coefficient (Wildman–Crippen LogP) is 3.32. The fraction of sp³-hybridized carbons (Fsp3) is 0.440. The fourth-order valence-corrected chi connectivity index (χ4v) is 4.37. The number of carbonyl (C=O) groups is 2. The van der Waals surface area contributed by atoms with Crippen molar-refractivity contribution in [2.45, 2.75) is 52.2 Å². The van der Waals surface area contributed by atoms with E-state index in [2.05, 4.69) is 5.32 Å². The summed E-state index contributed by atoms with van der Waals surface area (Å²) >= 11 is 0. The van der Waals surface area contributed by atoms with Gasteiger partial charge in [0.05, 0.1) is 19.1 Å². The highest BCUT2D eigenvalue weighted by Gasteiger charge is 2.33. The maximum atomic E-state index is 13.6. The van der Waals surface area contributed by atoms with Gasteiger partial charge < -0.3 is 15.0 Å². The van der Waals surface area contributed by atoms with Crippen LogP contribution in [0.3, 0.4) is 0 Å². The van der Waals surface area contributed by atoms with Gasteiger partial charge in [0.15, 0.2) is 0 Å². The minimum absolute atomic E-state index is 0.00932. The maximum Gasteiger partial charge on any atom is 0.244 e. The minimum atomic E-state index is -3.83. The molecule has 1 atom stereocenters. The summed E-state index contributed by atoms with van der Waals surface area (Å²) in [5.41, 5.74) is 0.365. The number of benzene rings is 2. The molecule has 35 heavy (non-hydrogen) atoms. The molecular formula is C25H34FN3O5S. The number of anilines is 1. The first-order valence-electron chi connectivity index (χ1n) is 11.2. The highest BCUT2D eigenvalue weighted by atomic mass is 32.2. The zero-order valence-electron chi connectivity index (χ0n) is 21.0. The molecule has 192 valence electrons. The Kier molecular flexibility index (Phi) is 9.25. The van der Waals surface area contributed by atoms with Crippen molar-refractivity contribution in [3.8, 4) is 5.75 Å². The Bertz CT molecular complexity index is 1110. The third-order valence-electron chi connectivity index (χ3n) is 5.19. The number of hydrogen-bond donors (Lipinski definition) is 1. The van der Waals surface area contributed by atoms with E-state index in [1.807, 2.05) is 20.8 Å². The van der Waals surface area contributed by atoms with Crippen LogP contribution in [0.15, 0.2) is 48.5 Å². The number of carbonyl (C=O) groups excluding carboxylic acids is 2. The van der Waals surface area contributed by atoms with Crippen molar-refractivity contribution in [2.24, 2.45) is 0 Å². The van der Waals surface area contributed by atoms with Crippen molar-refractivity contribution in [3.05, 3.63) is 59.9 Å². The van der Waals surface area contributed by atoms with Gasteiger partial charge in [0, 0.05) is 12.1 Å². The van der Waals surface area contributed by atoms with E-state index in [-0.39, 0.29) is 18.1 Å². The van der Waals surface area contributed by atoms with Crippen LogP contribution in [-0.4, -0.2) is 56.6 Å². The molecule has 0 aliphatic heterocycles. The number of ether oxygens (including phenoxy) is 1. The number of halogens is 1. The Morgan fingerprint density at radius 3 is 2.09 bits per heavy atom. The molecule has 0 aliphatic rings. The van der Waals surface area contributed by atoms with Crippen LogP contribution in [0.1, 0.15) is 39.7 Å². The lowest BCUT2D eigenvalue weighted by Crippen LogP contribution is -2.55. The zero-order valence-corrected chi connectivity index (χ0v) is 21.9. The number of amides is 2. The molecule has 2 amide bonds. The van der Waals surface area contributed by atoms with E-state index >= 15 is 0 Å². The van der Waals surface area contributed by atoms with Crippen molar-refractivity contribution < 1.29 is 27.1 Å². The molecule has 1 unspecified atom stereocenters.